The lowest BCUT2D eigenvalue weighted by atomic mass is 10.1. The summed E-state index contributed by atoms with van der Waals surface area (Å²) in [7, 11) is 0. The molecular weight excluding hydrogens is 296 g/mol. The fraction of sp³-hybridized carbons (Fsp3) is 0.364. The zero-order chi connectivity index (χ0) is 17.4. The summed E-state index contributed by atoms with van der Waals surface area (Å²) in [5.74, 6) is 2.52. The van der Waals surface area contributed by atoms with Crippen LogP contribution in [0.2, 0.25) is 0 Å². The highest BCUT2D eigenvalue weighted by Gasteiger charge is 2.08. The largest absolute Gasteiger partial charge is 0.489 e. The van der Waals surface area contributed by atoms with Crippen LogP contribution in [0.25, 0.3) is 6.08 Å². The summed E-state index contributed by atoms with van der Waals surface area (Å²) in [5, 5.41) is 0. The molecule has 0 saturated heterocycles. The predicted octanol–water partition coefficient (Wildman–Crippen LogP) is 5.42. The first-order valence-electron chi connectivity index (χ1n) is 8.50. The van der Waals surface area contributed by atoms with Gasteiger partial charge in [0.15, 0.2) is 11.5 Å². The molecule has 24 heavy (non-hydrogen) atoms. The van der Waals surface area contributed by atoms with E-state index in [0.717, 1.165) is 22.6 Å². The molecule has 0 aliphatic carbocycles. The van der Waals surface area contributed by atoms with Gasteiger partial charge in [-0.05, 0) is 53.3 Å². The minimum absolute atomic E-state index is 0.465. The molecule has 2 nitrogen and oxygen atoms in total. The van der Waals surface area contributed by atoms with Crippen molar-refractivity contribution >= 4 is 6.08 Å². The van der Waals surface area contributed by atoms with E-state index in [1.165, 1.54) is 0 Å². The van der Waals surface area contributed by atoms with Gasteiger partial charge in [-0.1, -0.05) is 58.0 Å². The van der Waals surface area contributed by atoms with E-state index in [1.54, 1.807) is 0 Å². The molecule has 0 N–H and O–H groups in total. The molecule has 126 valence electrons. The Hall–Kier alpha value is -2.22. The lowest BCUT2D eigenvalue weighted by Gasteiger charge is -2.15. The first-order valence-corrected chi connectivity index (χ1v) is 8.50. The summed E-state index contributed by atoms with van der Waals surface area (Å²) in [4.78, 5) is 0. The standard InChI is InChI=1S/C22H26O2/c1-17(2)15-23-21-13-12-20(14-22(21)24-16-18(3)4)11-10-19-8-6-5-7-9-19/h6-10,12-14,17-18H,15-16H2,1-4H3. The van der Waals surface area contributed by atoms with Crippen molar-refractivity contribution in [2.75, 3.05) is 13.2 Å². The van der Waals surface area contributed by atoms with Crippen LogP contribution < -0.4 is 9.47 Å². The number of ether oxygens (including phenoxy) is 2. The molecule has 2 rings (SSSR count). The molecule has 0 spiro atoms. The van der Waals surface area contributed by atoms with Crippen molar-refractivity contribution in [3.05, 3.63) is 65.7 Å². The van der Waals surface area contributed by atoms with Crippen molar-refractivity contribution in [1.29, 1.82) is 0 Å². The molecule has 0 saturated carbocycles. The fourth-order valence-corrected chi connectivity index (χ4v) is 2.01. The molecular formula is C22H26O2. The average molecular weight is 322 g/mol. The molecule has 2 heteroatoms. The molecule has 2 radical (unpaired) electrons. The summed E-state index contributed by atoms with van der Waals surface area (Å²) in [6.45, 7) is 9.89. The molecule has 2 aromatic carbocycles. The lowest BCUT2D eigenvalue weighted by molar-refractivity contribution is 0.229. The van der Waals surface area contributed by atoms with Crippen molar-refractivity contribution in [2.45, 2.75) is 27.7 Å². The fourth-order valence-electron chi connectivity index (χ4n) is 2.01. The first kappa shape index (κ1) is 18.1. The third-order valence-electron chi connectivity index (χ3n) is 3.24. The molecule has 2 aromatic rings. The summed E-state index contributed by atoms with van der Waals surface area (Å²) < 4.78 is 11.8. The SMILES string of the molecule is CC(C)COc1ccc([C]=Cc2cc[c]cc2)cc1OCC(C)C. The van der Waals surface area contributed by atoms with Crippen molar-refractivity contribution in [3.8, 4) is 11.5 Å². The van der Waals surface area contributed by atoms with E-state index in [4.69, 9.17) is 9.47 Å². The van der Waals surface area contributed by atoms with Gasteiger partial charge in [0.2, 0.25) is 0 Å². The van der Waals surface area contributed by atoms with Gasteiger partial charge in [0.05, 0.1) is 13.2 Å². The molecule has 0 unspecified atom stereocenters. The average Bonchev–Trinajstić information content (AvgIpc) is 2.57. The van der Waals surface area contributed by atoms with Gasteiger partial charge in [-0.25, -0.2) is 0 Å². The number of hydrogen-bond donors (Lipinski definition) is 0. The first-order chi connectivity index (χ1) is 11.5. The summed E-state index contributed by atoms with van der Waals surface area (Å²) in [6.07, 6.45) is 5.27. The van der Waals surface area contributed by atoms with Gasteiger partial charge in [-0.3, -0.25) is 0 Å². The Balaban J connectivity index is 2.17. The molecule has 0 aromatic heterocycles. The monoisotopic (exact) mass is 322 g/mol. The van der Waals surface area contributed by atoms with Crippen molar-refractivity contribution in [2.24, 2.45) is 11.8 Å². The molecule has 0 bridgehead atoms. The van der Waals surface area contributed by atoms with Crippen LogP contribution in [0, 0.1) is 24.0 Å². The maximum Gasteiger partial charge on any atom is 0.161 e. The van der Waals surface area contributed by atoms with Gasteiger partial charge < -0.3 is 9.47 Å². The molecule has 0 aliphatic rings. The lowest BCUT2D eigenvalue weighted by Crippen LogP contribution is -2.09. The Labute approximate surface area is 146 Å². The molecule has 0 fully saturated rings. The van der Waals surface area contributed by atoms with E-state index in [0.29, 0.717) is 25.0 Å². The predicted molar refractivity (Wildman–Crippen MR) is 99.2 cm³/mol. The van der Waals surface area contributed by atoms with Crippen molar-refractivity contribution in [1.82, 2.24) is 0 Å². The van der Waals surface area contributed by atoms with Gasteiger partial charge in [-0.15, -0.1) is 0 Å². The van der Waals surface area contributed by atoms with E-state index in [-0.39, 0.29) is 0 Å². The van der Waals surface area contributed by atoms with Crippen LogP contribution in [-0.2, 0) is 0 Å². The summed E-state index contributed by atoms with van der Waals surface area (Å²) in [6, 6.07) is 16.8. The Kier molecular flexibility index (Phi) is 6.92. The van der Waals surface area contributed by atoms with Crippen molar-refractivity contribution < 1.29 is 9.47 Å². The summed E-state index contributed by atoms with van der Waals surface area (Å²) >= 11 is 0. The van der Waals surface area contributed by atoms with Crippen molar-refractivity contribution in [3.63, 3.8) is 0 Å². The van der Waals surface area contributed by atoms with Gasteiger partial charge in [-0.2, -0.15) is 0 Å². The molecule has 0 aliphatic heterocycles. The second-order valence-corrected chi connectivity index (χ2v) is 6.69. The van der Waals surface area contributed by atoms with Gasteiger partial charge in [0, 0.05) is 0 Å². The van der Waals surface area contributed by atoms with E-state index in [9.17, 15) is 0 Å². The quantitative estimate of drug-likeness (QED) is 0.604. The van der Waals surface area contributed by atoms with E-state index in [1.807, 2.05) is 48.5 Å². The van der Waals surface area contributed by atoms with Crippen LogP contribution >= 0.6 is 0 Å². The van der Waals surface area contributed by atoms with Crippen LogP contribution in [0.1, 0.15) is 38.8 Å². The maximum absolute atomic E-state index is 5.94. The Morgan fingerprint density at radius 1 is 0.917 bits per heavy atom. The zero-order valence-electron chi connectivity index (χ0n) is 15.0. The second kappa shape index (κ2) is 9.17. The zero-order valence-corrected chi connectivity index (χ0v) is 15.0. The highest BCUT2D eigenvalue weighted by atomic mass is 16.5. The van der Waals surface area contributed by atoms with Crippen LogP contribution in [0.5, 0.6) is 11.5 Å². The van der Waals surface area contributed by atoms with Crippen LogP contribution in [-0.4, -0.2) is 13.2 Å². The van der Waals surface area contributed by atoms with Crippen LogP contribution in [0.4, 0.5) is 0 Å². The Bertz CT molecular complexity index is 642. The van der Waals surface area contributed by atoms with Crippen LogP contribution in [0.3, 0.4) is 0 Å². The highest BCUT2D eigenvalue weighted by Crippen LogP contribution is 2.29. The number of hydrogen-bond acceptors (Lipinski definition) is 2. The minimum Gasteiger partial charge on any atom is -0.489 e. The number of rotatable bonds is 8. The smallest absolute Gasteiger partial charge is 0.161 e. The molecule has 0 heterocycles. The van der Waals surface area contributed by atoms with E-state index >= 15 is 0 Å². The van der Waals surface area contributed by atoms with E-state index < -0.39 is 0 Å². The number of benzene rings is 2. The summed E-state index contributed by atoms with van der Waals surface area (Å²) in [5.41, 5.74) is 2.07. The minimum atomic E-state index is 0.465. The Morgan fingerprint density at radius 2 is 1.54 bits per heavy atom. The highest BCUT2D eigenvalue weighted by molar-refractivity contribution is 5.53. The molecule has 0 atom stereocenters. The van der Waals surface area contributed by atoms with Gasteiger partial charge >= 0.3 is 0 Å². The third-order valence-corrected chi connectivity index (χ3v) is 3.24. The maximum atomic E-state index is 5.94. The molecule has 0 amide bonds. The topological polar surface area (TPSA) is 18.5 Å². The third kappa shape index (κ3) is 6.11. The van der Waals surface area contributed by atoms with E-state index in [2.05, 4.69) is 39.8 Å². The van der Waals surface area contributed by atoms with Crippen LogP contribution in [0.15, 0.2) is 42.5 Å². The van der Waals surface area contributed by atoms with Gasteiger partial charge in [0.1, 0.15) is 0 Å². The van der Waals surface area contributed by atoms with Gasteiger partial charge in [0.25, 0.3) is 0 Å². The Morgan fingerprint density at radius 3 is 2.17 bits per heavy atom. The normalized spacial score (nSPS) is 11.4. The second-order valence-electron chi connectivity index (χ2n) is 6.69.